The van der Waals surface area contributed by atoms with Crippen molar-refractivity contribution in [3.8, 4) is 0 Å². The highest BCUT2D eigenvalue weighted by Crippen LogP contribution is 2.36. The molecule has 28 heavy (non-hydrogen) atoms. The highest BCUT2D eigenvalue weighted by Gasteiger charge is 2.41. The van der Waals surface area contributed by atoms with E-state index in [0.29, 0.717) is 18.5 Å². The van der Waals surface area contributed by atoms with E-state index in [1.165, 1.54) is 6.07 Å². The summed E-state index contributed by atoms with van der Waals surface area (Å²) < 4.78 is 20.2. The van der Waals surface area contributed by atoms with Crippen LogP contribution in [0.1, 0.15) is 50.7 Å². The van der Waals surface area contributed by atoms with Gasteiger partial charge in [0.15, 0.2) is 0 Å². The van der Waals surface area contributed by atoms with Crippen LogP contribution in [0.5, 0.6) is 0 Å². The van der Waals surface area contributed by atoms with E-state index in [1.807, 2.05) is 51.1 Å². The zero-order valence-electron chi connectivity index (χ0n) is 16.6. The highest BCUT2D eigenvalue weighted by molar-refractivity contribution is 5.69. The molecular formula is C23H28FNO3. The molecule has 1 aliphatic rings. The van der Waals surface area contributed by atoms with Gasteiger partial charge in [0.2, 0.25) is 0 Å². The van der Waals surface area contributed by atoms with Crippen molar-refractivity contribution in [2.75, 3.05) is 6.54 Å². The molecule has 2 aromatic carbocycles. The smallest absolute Gasteiger partial charge is 0.410 e. The summed E-state index contributed by atoms with van der Waals surface area (Å²) in [7, 11) is 0. The monoisotopic (exact) mass is 385 g/mol. The summed E-state index contributed by atoms with van der Waals surface area (Å²) in [5.74, 6) is -0.937. The van der Waals surface area contributed by atoms with E-state index in [-0.39, 0.29) is 5.82 Å². The quantitative estimate of drug-likeness (QED) is 0.829. The summed E-state index contributed by atoms with van der Waals surface area (Å²) in [6.07, 6.45) is 0.0431. The summed E-state index contributed by atoms with van der Waals surface area (Å²) in [5, 5.41) is 11.3. The van der Waals surface area contributed by atoms with E-state index >= 15 is 0 Å². The topological polar surface area (TPSA) is 49.8 Å². The molecule has 4 nitrogen and oxygen atoms in total. The van der Waals surface area contributed by atoms with Crippen LogP contribution >= 0.6 is 0 Å². The molecule has 0 aromatic heterocycles. The van der Waals surface area contributed by atoms with Crippen LogP contribution in [-0.4, -0.2) is 40.4 Å². The molecular weight excluding hydrogens is 357 g/mol. The van der Waals surface area contributed by atoms with E-state index in [2.05, 4.69) is 0 Å². The number of benzene rings is 2. The minimum Gasteiger partial charge on any atom is -0.444 e. The summed E-state index contributed by atoms with van der Waals surface area (Å²) in [6.45, 7) is 5.98. The first kappa shape index (κ1) is 20.3. The minimum absolute atomic E-state index is 0.364. The molecule has 1 saturated heterocycles. The second-order valence-corrected chi connectivity index (χ2v) is 8.28. The van der Waals surface area contributed by atoms with Crippen molar-refractivity contribution < 1.29 is 19.0 Å². The molecule has 5 heteroatoms. The predicted octanol–water partition coefficient (Wildman–Crippen LogP) is 4.72. The Labute approximate surface area is 165 Å². The molecule has 3 atom stereocenters. The molecule has 1 N–H and O–H groups in total. The van der Waals surface area contributed by atoms with Crippen molar-refractivity contribution in [3.05, 3.63) is 71.5 Å². The van der Waals surface area contributed by atoms with Crippen LogP contribution in [0.4, 0.5) is 9.18 Å². The lowest BCUT2D eigenvalue weighted by molar-refractivity contribution is 0.00241. The Morgan fingerprint density at radius 3 is 2.43 bits per heavy atom. The van der Waals surface area contributed by atoms with Crippen molar-refractivity contribution in [3.63, 3.8) is 0 Å². The average molecular weight is 385 g/mol. The third-order valence-corrected chi connectivity index (χ3v) is 5.06. The van der Waals surface area contributed by atoms with Gasteiger partial charge in [-0.3, -0.25) is 0 Å². The molecule has 0 radical (unpaired) electrons. The lowest BCUT2D eigenvalue weighted by atomic mass is 9.82. The second kappa shape index (κ2) is 8.31. The third-order valence-electron chi connectivity index (χ3n) is 5.06. The van der Waals surface area contributed by atoms with Crippen LogP contribution in [0.2, 0.25) is 0 Å². The van der Waals surface area contributed by atoms with Crippen LogP contribution in [0.15, 0.2) is 54.6 Å². The fraction of sp³-hybridized carbons (Fsp3) is 0.435. The maximum atomic E-state index is 14.6. The molecule has 3 rings (SSSR count). The van der Waals surface area contributed by atoms with Gasteiger partial charge in [0.1, 0.15) is 11.4 Å². The van der Waals surface area contributed by atoms with Gasteiger partial charge in [0.25, 0.3) is 0 Å². The maximum Gasteiger partial charge on any atom is 0.410 e. The number of hydrogen-bond donors (Lipinski definition) is 1. The number of ether oxygens (including phenoxy) is 1. The Balaban J connectivity index is 1.94. The molecule has 0 saturated carbocycles. The van der Waals surface area contributed by atoms with Crippen molar-refractivity contribution in [1.82, 2.24) is 4.90 Å². The summed E-state index contributed by atoms with van der Waals surface area (Å²) in [4.78, 5) is 14.2. The third kappa shape index (κ3) is 4.53. The number of nitrogens with zero attached hydrogens (tertiary/aromatic N) is 1. The SMILES string of the molecule is CC(C)(C)OC(=O)N1CCC[C@@H]1[C@H](O)[C@H](c1ccccc1)c1ccccc1F. The lowest BCUT2D eigenvalue weighted by Crippen LogP contribution is -2.47. The maximum absolute atomic E-state index is 14.6. The van der Waals surface area contributed by atoms with Gasteiger partial charge in [-0.25, -0.2) is 9.18 Å². The number of carbonyl (C=O) groups is 1. The van der Waals surface area contributed by atoms with E-state index in [0.717, 1.165) is 12.0 Å². The van der Waals surface area contributed by atoms with Crippen molar-refractivity contribution >= 4 is 6.09 Å². The Kier molecular flexibility index (Phi) is 6.04. The number of halogens is 1. The zero-order valence-corrected chi connectivity index (χ0v) is 16.6. The molecule has 0 spiro atoms. The lowest BCUT2D eigenvalue weighted by Gasteiger charge is -2.35. The summed E-state index contributed by atoms with van der Waals surface area (Å²) >= 11 is 0. The fourth-order valence-corrected chi connectivity index (χ4v) is 3.87. The van der Waals surface area contributed by atoms with Crippen LogP contribution < -0.4 is 0 Å². The zero-order chi connectivity index (χ0) is 20.3. The summed E-state index contributed by atoms with van der Waals surface area (Å²) in [5.41, 5.74) is 0.632. The molecule has 0 bridgehead atoms. The van der Waals surface area contributed by atoms with Crippen molar-refractivity contribution in [2.24, 2.45) is 0 Å². The minimum atomic E-state index is -0.950. The Hall–Kier alpha value is -2.40. The Morgan fingerprint density at radius 2 is 1.79 bits per heavy atom. The Bertz CT molecular complexity index is 803. The molecule has 1 fully saturated rings. The number of likely N-dealkylation sites (tertiary alicyclic amines) is 1. The first-order chi connectivity index (χ1) is 13.3. The highest BCUT2D eigenvalue weighted by atomic mass is 19.1. The summed E-state index contributed by atoms with van der Waals surface area (Å²) in [6, 6.07) is 15.5. The normalized spacial score (nSPS) is 19.3. The van der Waals surface area contributed by atoms with Gasteiger partial charge < -0.3 is 14.7 Å². The Morgan fingerprint density at radius 1 is 1.14 bits per heavy atom. The number of hydrogen-bond acceptors (Lipinski definition) is 3. The van der Waals surface area contributed by atoms with Gasteiger partial charge in [0.05, 0.1) is 12.1 Å². The first-order valence-corrected chi connectivity index (χ1v) is 9.75. The number of amides is 1. The number of aliphatic hydroxyl groups is 1. The van der Waals surface area contributed by atoms with Gasteiger partial charge in [-0.05, 0) is 50.8 Å². The fourth-order valence-electron chi connectivity index (χ4n) is 3.87. The number of rotatable bonds is 4. The van der Waals surface area contributed by atoms with Crippen molar-refractivity contribution in [1.29, 1.82) is 0 Å². The molecule has 2 aromatic rings. The number of aliphatic hydroxyl groups excluding tert-OH is 1. The largest absolute Gasteiger partial charge is 0.444 e. The van der Waals surface area contributed by atoms with Gasteiger partial charge in [-0.2, -0.15) is 0 Å². The van der Waals surface area contributed by atoms with Gasteiger partial charge in [-0.1, -0.05) is 48.5 Å². The van der Waals surface area contributed by atoms with Crippen LogP contribution in [0.25, 0.3) is 0 Å². The molecule has 1 aliphatic heterocycles. The number of carbonyl (C=O) groups excluding carboxylic acids is 1. The second-order valence-electron chi connectivity index (χ2n) is 8.28. The van der Waals surface area contributed by atoms with Crippen molar-refractivity contribution in [2.45, 2.75) is 57.3 Å². The van der Waals surface area contributed by atoms with E-state index in [9.17, 15) is 14.3 Å². The first-order valence-electron chi connectivity index (χ1n) is 9.75. The molecule has 0 aliphatic carbocycles. The molecule has 0 unspecified atom stereocenters. The average Bonchev–Trinajstić information content (AvgIpc) is 3.13. The van der Waals surface area contributed by atoms with E-state index in [1.54, 1.807) is 23.1 Å². The standard InChI is InChI=1S/C23H28FNO3/c1-23(2,3)28-22(27)25-15-9-14-19(25)21(26)20(16-10-5-4-6-11-16)17-12-7-8-13-18(17)24/h4-8,10-13,19-21,26H,9,14-15H2,1-3H3/t19-,20-,21+/m1/s1. The van der Waals surface area contributed by atoms with Crippen LogP contribution in [-0.2, 0) is 4.74 Å². The van der Waals surface area contributed by atoms with Gasteiger partial charge >= 0.3 is 6.09 Å². The van der Waals surface area contributed by atoms with Crippen LogP contribution in [0, 0.1) is 5.82 Å². The molecule has 150 valence electrons. The van der Waals surface area contributed by atoms with E-state index in [4.69, 9.17) is 4.74 Å². The van der Waals surface area contributed by atoms with E-state index < -0.39 is 29.8 Å². The van der Waals surface area contributed by atoms with Crippen LogP contribution in [0.3, 0.4) is 0 Å². The predicted molar refractivity (Wildman–Crippen MR) is 107 cm³/mol. The van der Waals surface area contributed by atoms with Gasteiger partial charge in [0, 0.05) is 12.5 Å². The molecule has 1 amide bonds. The molecule has 1 heterocycles. The van der Waals surface area contributed by atoms with Gasteiger partial charge in [-0.15, -0.1) is 0 Å².